The van der Waals surface area contributed by atoms with E-state index < -0.39 is 0 Å². The third kappa shape index (κ3) is 3.22. The lowest BCUT2D eigenvalue weighted by molar-refractivity contribution is 0.0524. The first-order valence-electron chi connectivity index (χ1n) is 4.66. The van der Waals surface area contributed by atoms with Gasteiger partial charge in [-0.05, 0) is 25.0 Å². The Morgan fingerprint density at radius 3 is 2.67 bits per heavy atom. The van der Waals surface area contributed by atoms with Gasteiger partial charge in [-0.25, -0.2) is 4.79 Å². The van der Waals surface area contributed by atoms with E-state index in [4.69, 9.17) is 10.5 Å². The molecule has 0 fully saturated rings. The first-order chi connectivity index (χ1) is 6.70. The number of benzene rings is 1. The Balaban J connectivity index is 0.00000196. The van der Waals surface area contributed by atoms with Crippen LogP contribution in [0.15, 0.2) is 18.2 Å². The summed E-state index contributed by atoms with van der Waals surface area (Å²) in [5.74, 6) is -0.286. The van der Waals surface area contributed by atoms with Crippen molar-refractivity contribution in [2.45, 2.75) is 20.4 Å². The van der Waals surface area contributed by atoms with Crippen LogP contribution in [-0.4, -0.2) is 12.6 Å². The van der Waals surface area contributed by atoms with E-state index >= 15 is 0 Å². The largest absolute Gasteiger partial charge is 0.462 e. The second kappa shape index (κ2) is 6.43. The van der Waals surface area contributed by atoms with E-state index in [9.17, 15) is 4.79 Å². The lowest BCUT2D eigenvalue weighted by Gasteiger charge is -2.09. The lowest BCUT2D eigenvalue weighted by atomic mass is 10.0. The molecule has 0 bridgehead atoms. The Bertz CT molecular complexity index is 339. The Hall–Kier alpha value is -1.06. The van der Waals surface area contributed by atoms with Gasteiger partial charge in [0.25, 0.3) is 0 Å². The van der Waals surface area contributed by atoms with Crippen LogP contribution in [0.4, 0.5) is 0 Å². The number of hydrogen-bond acceptors (Lipinski definition) is 3. The fraction of sp³-hybridized carbons (Fsp3) is 0.364. The molecule has 4 heteroatoms. The van der Waals surface area contributed by atoms with Crippen molar-refractivity contribution in [1.82, 2.24) is 0 Å². The molecule has 0 aromatic heterocycles. The number of carbonyl (C=O) groups excluding carboxylic acids is 1. The number of rotatable bonds is 3. The summed E-state index contributed by atoms with van der Waals surface area (Å²) in [6, 6.07) is 5.62. The highest BCUT2D eigenvalue weighted by Crippen LogP contribution is 2.14. The molecule has 0 aliphatic rings. The fourth-order valence-corrected chi connectivity index (χ4v) is 1.39. The van der Waals surface area contributed by atoms with Gasteiger partial charge < -0.3 is 10.5 Å². The number of halogens is 1. The minimum atomic E-state index is -0.286. The van der Waals surface area contributed by atoms with Crippen LogP contribution in [0.3, 0.4) is 0 Å². The van der Waals surface area contributed by atoms with Crippen LogP contribution >= 0.6 is 12.4 Å². The first kappa shape index (κ1) is 13.9. The van der Waals surface area contributed by atoms with Gasteiger partial charge in [0.15, 0.2) is 0 Å². The van der Waals surface area contributed by atoms with Gasteiger partial charge in [0.2, 0.25) is 0 Å². The minimum Gasteiger partial charge on any atom is -0.462 e. The number of carbonyl (C=O) groups is 1. The molecule has 0 saturated heterocycles. The maximum Gasteiger partial charge on any atom is 0.338 e. The zero-order valence-corrected chi connectivity index (χ0v) is 9.76. The van der Waals surface area contributed by atoms with Crippen molar-refractivity contribution in [3.8, 4) is 0 Å². The highest BCUT2D eigenvalue weighted by Gasteiger charge is 2.13. The summed E-state index contributed by atoms with van der Waals surface area (Å²) >= 11 is 0. The molecule has 84 valence electrons. The molecule has 1 aromatic rings. The Morgan fingerprint density at radius 2 is 2.13 bits per heavy atom. The molecule has 0 heterocycles. The molecule has 0 unspecified atom stereocenters. The normalized spacial score (nSPS) is 9.27. The Labute approximate surface area is 96.0 Å². The third-order valence-corrected chi connectivity index (χ3v) is 2.06. The summed E-state index contributed by atoms with van der Waals surface area (Å²) in [4.78, 5) is 11.6. The van der Waals surface area contributed by atoms with Gasteiger partial charge in [0.05, 0.1) is 12.2 Å². The third-order valence-electron chi connectivity index (χ3n) is 2.06. The van der Waals surface area contributed by atoms with Gasteiger partial charge in [-0.1, -0.05) is 18.2 Å². The van der Waals surface area contributed by atoms with E-state index in [1.165, 1.54) is 0 Å². The van der Waals surface area contributed by atoms with E-state index in [2.05, 4.69) is 0 Å². The average Bonchev–Trinajstić information content (AvgIpc) is 2.17. The molecule has 1 rings (SSSR count). The molecular formula is C11H16ClNO2. The van der Waals surface area contributed by atoms with Crippen LogP contribution in [0.1, 0.15) is 28.4 Å². The molecule has 0 saturated carbocycles. The highest BCUT2D eigenvalue weighted by atomic mass is 35.5. The topological polar surface area (TPSA) is 52.3 Å². The maximum absolute atomic E-state index is 11.6. The van der Waals surface area contributed by atoms with Crippen molar-refractivity contribution in [2.24, 2.45) is 5.73 Å². The summed E-state index contributed by atoms with van der Waals surface area (Å²) in [6.45, 7) is 4.41. The van der Waals surface area contributed by atoms with E-state index in [1.54, 1.807) is 6.92 Å². The van der Waals surface area contributed by atoms with Gasteiger partial charge >= 0.3 is 5.97 Å². The van der Waals surface area contributed by atoms with Crippen LogP contribution in [-0.2, 0) is 11.3 Å². The summed E-state index contributed by atoms with van der Waals surface area (Å²) in [6.07, 6.45) is 0. The number of ether oxygens (including phenoxy) is 1. The summed E-state index contributed by atoms with van der Waals surface area (Å²) in [5.41, 5.74) is 7.90. The van der Waals surface area contributed by atoms with E-state index in [1.807, 2.05) is 25.1 Å². The number of hydrogen-bond donors (Lipinski definition) is 1. The maximum atomic E-state index is 11.6. The zero-order valence-electron chi connectivity index (χ0n) is 8.95. The van der Waals surface area contributed by atoms with Crippen LogP contribution in [0.25, 0.3) is 0 Å². The first-order valence-corrected chi connectivity index (χ1v) is 4.66. The second-order valence-electron chi connectivity index (χ2n) is 3.03. The number of nitrogens with two attached hydrogens (primary N) is 1. The van der Waals surface area contributed by atoms with Crippen molar-refractivity contribution in [3.05, 3.63) is 34.9 Å². The molecule has 15 heavy (non-hydrogen) atoms. The van der Waals surface area contributed by atoms with Gasteiger partial charge in [-0.15, -0.1) is 12.4 Å². The van der Waals surface area contributed by atoms with E-state index in [-0.39, 0.29) is 18.4 Å². The van der Waals surface area contributed by atoms with Crippen molar-refractivity contribution in [3.63, 3.8) is 0 Å². The summed E-state index contributed by atoms with van der Waals surface area (Å²) < 4.78 is 4.96. The molecule has 0 aliphatic heterocycles. The van der Waals surface area contributed by atoms with Crippen LogP contribution < -0.4 is 5.73 Å². The molecule has 0 spiro atoms. The van der Waals surface area contributed by atoms with Gasteiger partial charge in [-0.2, -0.15) is 0 Å². The van der Waals surface area contributed by atoms with Gasteiger partial charge in [0.1, 0.15) is 0 Å². The molecule has 0 aliphatic carbocycles. The monoisotopic (exact) mass is 229 g/mol. The second-order valence-corrected chi connectivity index (χ2v) is 3.03. The minimum absolute atomic E-state index is 0. The molecule has 2 N–H and O–H groups in total. The molecule has 3 nitrogen and oxygen atoms in total. The predicted molar refractivity (Wildman–Crippen MR) is 62.3 cm³/mol. The molecule has 0 radical (unpaired) electrons. The molecule has 0 atom stereocenters. The average molecular weight is 230 g/mol. The van der Waals surface area contributed by atoms with Gasteiger partial charge in [-0.3, -0.25) is 0 Å². The van der Waals surface area contributed by atoms with Crippen molar-refractivity contribution >= 4 is 18.4 Å². The smallest absolute Gasteiger partial charge is 0.338 e. The van der Waals surface area contributed by atoms with Crippen LogP contribution in [0.2, 0.25) is 0 Å². The van der Waals surface area contributed by atoms with E-state index in [0.717, 1.165) is 11.1 Å². The molecule has 1 aromatic carbocycles. The Morgan fingerprint density at radius 1 is 1.47 bits per heavy atom. The SMILES string of the molecule is CCOC(=O)c1c(C)cccc1CN.Cl. The van der Waals surface area contributed by atoms with Crippen molar-refractivity contribution in [2.75, 3.05) is 6.61 Å². The summed E-state index contributed by atoms with van der Waals surface area (Å²) in [5, 5.41) is 0. The fourth-order valence-electron chi connectivity index (χ4n) is 1.39. The van der Waals surface area contributed by atoms with Crippen molar-refractivity contribution < 1.29 is 9.53 Å². The highest BCUT2D eigenvalue weighted by molar-refractivity contribution is 5.92. The molecular weight excluding hydrogens is 214 g/mol. The predicted octanol–water partition coefficient (Wildman–Crippen LogP) is 2.05. The van der Waals surface area contributed by atoms with E-state index in [0.29, 0.717) is 18.7 Å². The summed E-state index contributed by atoms with van der Waals surface area (Å²) in [7, 11) is 0. The zero-order chi connectivity index (χ0) is 10.6. The standard InChI is InChI=1S/C11H15NO2.ClH/c1-3-14-11(13)10-8(2)5-4-6-9(10)7-12;/h4-6H,3,7,12H2,1-2H3;1H. The van der Waals surface area contributed by atoms with Crippen LogP contribution in [0, 0.1) is 6.92 Å². The number of esters is 1. The van der Waals surface area contributed by atoms with Crippen LogP contribution in [0.5, 0.6) is 0 Å². The number of aryl methyl sites for hydroxylation is 1. The van der Waals surface area contributed by atoms with Gasteiger partial charge in [0, 0.05) is 6.54 Å². The lowest BCUT2D eigenvalue weighted by Crippen LogP contribution is -2.12. The van der Waals surface area contributed by atoms with Crippen molar-refractivity contribution in [1.29, 1.82) is 0 Å². The quantitative estimate of drug-likeness (QED) is 0.808. The Kier molecular flexibility index (Phi) is 5.97. The molecule has 0 amide bonds.